The SMILES string of the molecule is CC(=O)NC(C)c1ccc(C(=O)CSc2nnc(-c3c[nH]c4ccccc34)n2C2CC2)cc1. The van der Waals surface area contributed by atoms with Gasteiger partial charge in [-0.15, -0.1) is 10.2 Å². The summed E-state index contributed by atoms with van der Waals surface area (Å²) in [4.78, 5) is 27.4. The van der Waals surface area contributed by atoms with Crippen LogP contribution in [0.4, 0.5) is 0 Å². The van der Waals surface area contributed by atoms with Gasteiger partial charge >= 0.3 is 0 Å². The van der Waals surface area contributed by atoms with Crippen molar-refractivity contribution in [1.82, 2.24) is 25.1 Å². The highest BCUT2D eigenvalue weighted by Crippen LogP contribution is 2.42. The number of hydrogen-bond donors (Lipinski definition) is 2. The molecule has 4 aromatic rings. The number of benzene rings is 2. The average Bonchev–Trinajstić information content (AvgIpc) is 3.42. The number of aromatic nitrogens is 4. The van der Waals surface area contributed by atoms with Gasteiger partial charge in [0.1, 0.15) is 0 Å². The number of hydrogen-bond acceptors (Lipinski definition) is 5. The molecule has 1 saturated carbocycles. The van der Waals surface area contributed by atoms with Crippen molar-refractivity contribution >= 4 is 34.4 Å². The second-order valence-corrected chi connectivity index (χ2v) is 9.35. The van der Waals surface area contributed by atoms with E-state index in [9.17, 15) is 9.59 Å². The van der Waals surface area contributed by atoms with Gasteiger partial charge in [0.2, 0.25) is 5.91 Å². The molecular weight excluding hydrogens is 434 g/mol. The quantitative estimate of drug-likeness (QED) is 0.288. The molecule has 8 heteroatoms. The zero-order chi connectivity index (χ0) is 22.9. The number of amides is 1. The van der Waals surface area contributed by atoms with Gasteiger partial charge in [0.15, 0.2) is 16.8 Å². The summed E-state index contributed by atoms with van der Waals surface area (Å²) in [6.07, 6.45) is 4.18. The molecule has 1 fully saturated rings. The van der Waals surface area contributed by atoms with Gasteiger partial charge in [-0.25, -0.2) is 0 Å². The third-order valence-electron chi connectivity index (χ3n) is 5.89. The maximum absolute atomic E-state index is 12.8. The first-order chi connectivity index (χ1) is 16.0. The maximum Gasteiger partial charge on any atom is 0.217 e. The van der Waals surface area contributed by atoms with Crippen LogP contribution in [0.1, 0.15) is 54.7 Å². The second kappa shape index (κ2) is 8.86. The summed E-state index contributed by atoms with van der Waals surface area (Å²) in [7, 11) is 0. The fourth-order valence-electron chi connectivity index (χ4n) is 4.04. The Labute approximate surface area is 196 Å². The number of carbonyl (C=O) groups excluding carboxylic acids is 2. The molecular formula is C25H25N5O2S. The Bertz CT molecular complexity index is 1320. The van der Waals surface area contributed by atoms with Gasteiger partial charge in [-0.05, 0) is 31.4 Å². The van der Waals surface area contributed by atoms with Gasteiger partial charge < -0.3 is 10.3 Å². The monoisotopic (exact) mass is 459 g/mol. The number of ketones is 1. The fourth-order valence-corrected chi connectivity index (χ4v) is 4.94. The molecule has 2 aromatic heterocycles. The summed E-state index contributed by atoms with van der Waals surface area (Å²) < 4.78 is 2.19. The molecule has 1 unspecified atom stereocenters. The van der Waals surface area contributed by atoms with E-state index in [2.05, 4.69) is 31.1 Å². The minimum absolute atomic E-state index is 0.0396. The zero-order valence-corrected chi connectivity index (χ0v) is 19.4. The van der Waals surface area contributed by atoms with Crippen LogP contribution in [0.2, 0.25) is 0 Å². The number of nitrogens with one attached hydrogen (secondary N) is 2. The summed E-state index contributed by atoms with van der Waals surface area (Å²) in [6, 6.07) is 15.9. The van der Waals surface area contributed by atoms with Crippen LogP contribution in [0.5, 0.6) is 0 Å². The van der Waals surface area contributed by atoms with Crippen molar-refractivity contribution in [3.05, 3.63) is 65.9 Å². The fraction of sp³-hybridized carbons (Fsp3) is 0.280. The number of rotatable bonds is 8. The van der Waals surface area contributed by atoms with Crippen molar-refractivity contribution in [3.63, 3.8) is 0 Å². The second-order valence-electron chi connectivity index (χ2n) is 8.41. The van der Waals surface area contributed by atoms with E-state index in [1.807, 2.05) is 55.6 Å². The van der Waals surface area contributed by atoms with Gasteiger partial charge in [-0.3, -0.25) is 14.2 Å². The molecule has 2 N–H and O–H groups in total. The highest BCUT2D eigenvalue weighted by atomic mass is 32.2. The first kappa shape index (κ1) is 21.5. The van der Waals surface area contributed by atoms with Gasteiger partial charge in [-0.1, -0.05) is 54.2 Å². The topological polar surface area (TPSA) is 92.7 Å². The number of aromatic amines is 1. The van der Waals surface area contributed by atoms with Crippen molar-refractivity contribution in [2.24, 2.45) is 0 Å². The van der Waals surface area contributed by atoms with Gasteiger partial charge in [0.25, 0.3) is 0 Å². The minimum Gasteiger partial charge on any atom is -0.360 e. The molecule has 1 atom stereocenters. The Morgan fingerprint density at radius 3 is 2.64 bits per heavy atom. The van der Waals surface area contributed by atoms with Crippen LogP contribution in [-0.4, -0.2) is 37.2 Å². The number of Topliss-reactive ketones (excluding diaryl/α,β-unsaturated/α-hetero) is 1. The van der Waals surface area contributed by atoms with Crippen molar-refractivity contribution in [2.45, 2.75) is 43.9 Å². The summed E-state index contributed by atoms with van der Waals surface area (Å²) >= 11 is 1.43. The largest absolute Gasteiger partial charge is 0.360 e. The molecule has 0 spiro atoms. The van der Waals surface area contributed by atoms with Crippen LogP contribution in [0.15, 0.2) is 59.9 Å². The molecule has 1 amide bonds. The number of carbonyl (C=O) groups is 2. The Morgan fingerprint density at radius 2 is 1.91 bits per heavy atom. The molecule has 0 saturated heterocycles. The lowest BCUT2D eigenvalue weighted by Crippen LogP contribution is -2.23. The summed E-state index contributed by atoms with van der Waals surface area (Å²) in [5.74, 6) is 1.10. The average molecular weight is 460 g/mol. The lowest BCUT2D eigenvalue weighted by molar-refractivity contribution is -0.119. The number of para-hydroxylation sites is 1. The minimum atomic E-state index is -0.0962. The molecule has 7 nitrogen and oxygen atoms in total. The lowest BCUT2D eigenvalue weighted by atomic mass is 10.0. The highest BCUT2D eigenvalue weighted by molar-refractivity contribution is 7.99. The van der Waals surface area contributed by atoms with Crippen molar-refractivity contribution in [2.75, 3.05) is 5.75 Å². The number of nitrogens with zero attached hydrogens (tertiary/aromatic N) is 3. The number of fused-ring (bicyclic) bond motifs is 1. The molecule has 1 aliphatic carbocycles. The Balaban J connectivity index is 1.32. The zero-order valence-electron chi connectivity index (χ0n) is 18.5. The maximum atomic E-state index is 12.8. The molecule has 33 heavy (non-hydrogen) atoms. The summed E-state index contributed by atoms with van der Waals surface area (Å²) in [6.45, 7) is 3.42. The van der Waals surface area contributed by atoms with Crippen LogP contribution >= 0.6 is 11.8 Å². The predicted molar refractivity (Wildman–Crippen MR) is 129 cm³/mol. The van der Waals surface area contributed by atoms with Gasteiger partial charge in [0, 0.05) is 41.2 Å². The summed E-state index contributed by atoms with van der Waals surface area (Å²) in [5, 5.41) is 13.7. The number of H-pyrrole nitrogens is 1. The molecule has 0 bridgehead atoms. The molecule has 2 heterocycles. The van der Waals surface area contributed by atoms with E-state index in [4.69, 9.17) is 0 Å². The van der Waals surface area contributed by atoms with E-state index in [1.54, 1.807) is 0 Å². The van der Waals surface area contributed by atoms with E-state index in [0.717, 1.165) is 45.9 Å². The third kappa shape index (κ3) is 4.43. The molecule has 1 aliphatic rings. The van der Waals surface area contributed by atoms with Crippen molar-refractivity contribution < 1.29 is 9.59 Å². The Kier molecular flexibility index (Phi) is 5.76. The molecule has 0 radical (unpaired) electrons. The van der Waals surface area contributed by atoms with Crippen LogP contribution in [0, 0.1) is 0 Å². The van der Waals surface area contributed by atoms with E-state index in [1.165, 1.54) is 18.7 Å². The standard InChI is InChI=1S/C25H25N5O2S/c1-15(27-16(2)31)17-7-9-18(10-8-17)23(32)14-33-25-29-28-24(30(25)19-11-12-19)21-13-26-22-6-4-3-5-20(21)22/h3-10,13,15,19,26H,11-12,14H2,1-2H3,(H,27,31). The molecule has 0 aliphatic heterocycles. The molecule has 2 aromatic carbocycles. The third-order valence-corrected chi connectivity index (χ3v) is 6.83. The smallest absolute Gasteiger partial charge is 0.217 e. The lowest BCUT2D eigenvalue weighted by Gasteiger charge is -2.13. The van der Waals surface area contributed by atoms with E-state index in [-0.39, 0.29) is 17.7 Å². The van der Waals surface area contributed by atoms with Gasteiger partial charge in [-0.2, -0.15) is 0 Å². The normalized spacial score (nSPS) is 14.4. The predicted octanol–water partition coefficient (Wildman–Crippen LogP) is 4.93. The Morgan fingerprint density at radius 1 is 1.15 bits per heavy atom. The summed E-state index contributed by atoms with van der Waals surface area (Å²) in [5.41, 5.74) is 3.72. The number of thioether (sulfide) groups is 1. The van der Waals surface area contributed by atoms with Crippen LogP contribution in [0.25, 0.3) is 22.3 Å². The molecule has 5 rings (SSSR count). The van der Waals surface area contributed by atoms with Crippen LogP contribution in [0.3, 0.4) is 0 Å². The van der Waals surface area contributed by atoms with Crippen molar-refractivity contribution in [1.29, 1.82) is 0 Å². The first-order valence-electron chi connectivity index (χ1n) is 11.1. The first-order valence-corrected chi connectivity index (χ1v) is 12.0. The van der Waals surface area contributed by atoms with E-state index < -0.39 is 0 Å². The van der Waals surface area contributed by atoms with Crippen LogP contribution < -0.4 is 5.32 Å². The van der Waals surface area contributed by atoms with E-state index in [0.29, 0.717) is 17.4 Å². The van der Waals surface area contributed by atoms with Crippen molar-refractivity contribution in [3.8, 4) is 11.4 Å². The molecule has 168 valence electrons. The van der Waals surface area contributed by atoms with Gasteiger partial charge in [0.05, 0.1) is 11.8 Å². The van der Waals surface area contributed by atoms with Crippen LogP contribution in [-0.2, 0) is 4.79 Å². The Hall–Kier alpha value is -3.39. The highest BCUT2D eigenvalue weighted by Gasteiger charge is 2.31. The van der Waals surface area contributed by atoms with E-state index >= 15 is 0 Å².